The lowest BCUT2D eigenvalue weighted by molar-refractivity contribution is 0.0696. The summed E-state index contributed by atoms with van der Waals surface area (Å²) in [7, 11) is 3.09. The average molecular weight is 578 g/mol. The molecule has 5 aromatic rings. The molecule has 2 N–H and O–H groups in total. The molecule has 0 unspecified atom stereocenters. The number of anilines is 1. The highest BCUT2D eigenvalue weighted by Gasteiger charge is 2.37. The quantitative estimate of drug-likeness (QED) is 0.245. The maximum Gasteiger partial charge on any atom is 0.335 e. The number of amides is 3. The van der Waals surface area contributed by atoms with Crippen LogP contribution in [0.1, 0.15) is 47.0 Å². The van der Waals surface area contributed by atoms with Gasteiger partial charge in [0.2, 0.25) is 5.89 Å². The molecule has 4 aromatic carbocycles. The number of nitrogens with zero attached hydrogens (tertiary/aromatic N) is 2. The minimum absolute atomic E-state index is 0.0223. The first-order valence-electron chi connectivity index (χ1n) is 13.0. The Morgan fingerprint density at radius 2 is 1.63 bits per heavy atom. The van der Waals surface area contributed by atoms with Crippen LogP contribution in [0.3, 0.4) is 0 Å². The third kappa shape index (κ3) is 4.93. The number of carbonyl (C=O) groups excluding carboxylic acids is 3. The zero-order valence-electron chi connectivity index (χ0n) is 22.9. The molecule has 1 aliphatic heterocycles. The second-order valence-electron chi connectivity index (χ2n) is 9.64. The van der Waals surface area contributed by atoms with Gasteiger partial charge in [0.15, 0.2) is 17.1 Å². The van der Waals surface area contributed by atoms with E-state index in [1.807, 2.05) is 6.07 Å². The zero-order chi connectivity index (χ0) is 30.2. The van der Waals surface area contributed by atoms with Gasteiger partial charge in [0.25, 0.3) is 17.7 Å². The van der Waals surface area contributed by atoms with Crippen molar-refractivity contribution in [2.45, 2.75) is 6.54 Å². The van der Waals surface area contributed by atoms with Gasteiger partial charge in [-0.1, -0.05) is 12.1 Å². The predicted molar refractivity (Wildman–Crippen MR) is 155 cm³/mol. The molecule has 0 atom stereocenters. The van der Waals surface area contributed by atoms with Crippen molar-refractivity contribution in [2.75, 3.05) is 19.1 Å². The smallest absolute Gasteiger partial charge is 0.335 e. The minimum atomic E-state index is -1.20. The van der Waals surface area contributed by atoms with Crippen LogP contribution >= 0.6 is 0 Å². The third-order valence-electron chi connectivity index (χ3n) is 7.04. The fourth-order valence-electron chi connectivity index (χ4n) is 4.85. The number of carbonyl (C=O) groups is 4. The molecule has 2 heterocycles. The van der Waals surface area contributed by atoms with Gasteiger partial charge in [-0.05, 0) is 72.3 Å². The number of oxazole rings is 1. The Morgan fingerprint density at radius 3 is 2.40 bits per heavy atom. The summed E-state index contributed by atoms with van der Waals surface area (Å²) in [5.74, 6) is -1.32. The molecule has 0 saturated carbocycles. The Kier molecular flexibility index (Phi) is 6.82. The van der Waals surface area contributed by atoms with E-state index in [0.717, 1.165) is 10.5 Å². The van der Waals surface area contributed by atoms with Gasteiger partial charge in [-0.25, -0.2) is 14.7 Å². The van der Waals surface area contributed by atoms with Crippen molar-refractivity contribution in [1.29, 1.82) is 0 Å². The Labute approximate surface area is 244 Å². The highest BCUT2D eigenvalue weighted by atomic mass is 16.5. The van der Waals surface area contributed by atoms with E-state index in [1.165, 1.54) is 18.2 Å². The first kappa shape index (κ1) is 27.2. The maximum atomic E-state index is 13.1. The molecule has 0 fully saturated rings. The van der Waals surface area contributed by atoms with Gasteiger partial charge >= 0.3 is 5.97 Å². The van der Waals surface area contributed by atoms with Crippen molar-refractivity contribution in [3.8, 4) is 23.0 Å². The number of aromatic nitrogens is 1. The number of hydrogen-bond donors (Lipinski definition) is 2. The summed E-state index contributed by atoms with van der Waals surface area (Å²) in [5.41, 5.74) is 2.92. The van der Waals surface area contributed by atoms with Gasteiger partial charge in [-0.2, -0.15) is 0 Å². The van der Waals surface area contributed by atoms with Gasteiger partial charge < -0.3 is 24.3 Å². The first-order chi connectivity index (χ1) is 20.8. The van der Waals surface area contributed by atoms with Crippen LogP contribution in [0.4, 0.5) is 5.69 Å². The topological polar surface area (TPSA) is 148 Å². The van der Waals surface area contributed by atoms with Crippen LogP contribution in [0.2, 0.25) is 0 Å². The standard InChI is InChI=1S/C32H23N3O8/c1-41-25-11-6-17(12-27(25)42-2)16-33-28(36)18-8-10-24-26(15-18)43-29(34-24)19-4-3-5-21(13-19)35-30(37)22-9-7-20(32(39)40)14-23(22)31(35)38/h3-15H,16H2,1-2H3,(H,33,36)(H,39,40). The number of benzene rings is 4. The molecule has 214 valence electrons. The second kappa shape index (κ2) is 10.8. The third-order valence-corrected chi connectivity index (χ3v) is 7.04. The molecule has 0 spiro atoms. The van der Waals surface area contributed by atoms with E-state index >= 15 is 0 Å². The summed E-state index contributed by atoms with van der Waals surface area (Å²) in [6.45, 7) is 0.265. The highest BCUT2D eigenvalue weighted by molar-refractivity contribution is 6.34. The monoisotopic (exact) mass is 577 g/mol. The molecule has 6 rings (SSSR count). The first-order valence-corrected chi connectivity index (χ1v) is 13.0. The van der Waals surface area contributed by atoms with E-state index in [-0.39, 0.29) is 40.7 Å². The number of carboxylic acids is 1. The lowest BCUT2D eigenvalue weighted by Crippen LogP contribution is -2.29. The molecule has 1 aromatic heterocycles. The van der Waals surface area contributed by atoms with Crippen LogP contribution in [0.5, 0.6) is 11.5 Å². The van der Waals surface area contributed by atoms with E-state index in [2.05, 4.69) is 10.3 Å². The minimum Gasteiger partial charge on any atom is -0.493 e. The maximum absolute atomic E-state index is 13.1. The van der Waals surface area contributed by atoms with Crippen LogP contribution in [-0.4, -0.2) is 48.0 Å². The van der Waals surface area contributed by atoms with E-state index in [0.29, 0.717) is 33.7 Å². The summed E-state index contributed by atoms with van der Waals surface area (Å²) in [6.07, 6.45) is 0. The van der Waals surface area contributed by atoms with Crippen molar-refractivity contribution in [2.24, 2.45) is 0 Å². The fraction of sp³-hybridized carbons (Fsp3) is 0.0938. The molecule has 3 amide bonds. The second-order valence-corrected chi connectivity index (χ2v) is 9.64. The molecular formula is C32H23N3O8. The summed E-state index contributed by atoms with van der Waals surface area (Å²) < 4.78 is 16.5. The average Bonchev–Trinajstić information content (AvgIpc) is 3.57. The van der Waals surface area contributed by atoms with Crippen LogP contribution in [-0.2, 0) is 6.54 Å². The SMILES string of the molecule is COc1ccc(CNC(=O)c2ccc3nc(-c4cccc(N5C(=O)c6ccc(C(=O)O)cc6C5=O)c4)oc3c2)cc1OC. The normalized spacial score (nSPS) is 12.4. The van der Waals surface area contributed by atoms with E-state index < -0.39 is 17.8 Å². The molecule has 0 saturated heterocycles. The molecule has 11 nitrogen and oxygen atoms in total. The van der Waals surface area contributed by atoms with Crippen LogP contribution < -0.4 is 19.7 Å². The number of carboxylic acid groups (broad SMARTS) is 1. The van der Waals surface area contributed by atoms with E-state index in [4.69, 9.17) is 13.9 Å². The van der Waals surface area contributed by atoms with E-state index in [9.17, 15) is 24.3 Å². The van der Waals surface area contributed by atoms with Crippen LogP contribution in [0, 0.1) is 0 Å². The van der Waals surface area contributed by atoms with Crippen molar-refractivity contribution in [3.63, 3.8) is 0 Å². The van der Waals surface area contributed by atoms with Gasteiger partial charge in [0.05, 0.1) is 36.6 Å². The highest BCUT2D eigenvalue weighted by Crippen LogP contribution is 2.33. The molecule has 1 aliphatic rings. The number of fused-ring (bicyclic) bond motifs is 2. The Bertz CT molecular complexity index is 1960. The van der Waals surface area contributed by atoms with Crippen molar-refractivity contribution < 1.29 is 38.2 Å². The van der Waals surface area contributed by atoms with Gasteiger partial charge in [0, 0.05) is 17.7 Å². The number of methoxy groups -OCH3 is 2. The van der Waals surface area contributed by atoms with Gasteiger partial charge in [0.1, 0.15) is 5.52 Å². The van der Waals surface area contributed by atoms with Gasteiger partial charge in [-0.3, -0.25) is 14.4 Å². The Balaban J connectivity index is 1.22. The summed E-state index contributed by atoms with van der Waals surface area (Å²) in [4.78, 5) is 55.9. The van der Waals surface area contributed by atoms with Crippen molar-refractivity contribution >= 4 is 40.5 Å². The molecule has 0 bridgehead atoms. The number of rotatable bonds is 8. The predicted octanol–water partition coefficient (Wildman–Crippen LogP) is 4.94. The van der Waals surface area contributed by atoms with Crippen LogP contribution in [0.15, 0.2) is 83.3 Å². The molecule has 0 radical (unpaired) electrons. The zero-order valence-corrected chi connectivity index (χ0v) is 22.9. The Morgan fingerprint density at radius 1 is 0.860 bits per heavy atom. The number of ether oxygens (including phenoxy) is 2. The van der Waals surface area contributed by atoms with E-state index in [1.54, 1.807) is 68.8 Å². The lowest BCUT2D eigenvalue weighted by Gasteiger charge is -2.14. The number of imide groups is 1. The molecule has 0 aliphatic carbocycles. The summed E-state index contributed by atoms with van der Waals surface area (Å²) in [6, 6.07) is 20.6. The number of aromatic carboxylic acids is 1. The summed E-state index contributed by atoms with van der Waals surface area (Å²) >= 11 is 0. The largest absolute Gasteiger partial charge is 0.493 e. The Hall–Kier alpha value is -5.97. The van der Waals surface area contributed by atoms with Crippen molar-refractivity contribution in [3.05, 3.63) is 107 Å². The number of nitrogens with one attached hydrogen (secondary N) is 1. The lowest BCUT2D eigenvalue weighted by atomic mass is 10.1. The molecule has 11 heteroatoms. The summed E-state index contributed by atoms with van der Waals surface area (Å²) in [5, 5.41) is 12.1. The number of hydrogen-bond acceptors (Lipinski definition) is 8. The molecule has 43 heavy (non-hydrogen) atoms. The van der Waals surface area contributed by atoms with Crippen molar-refractivity contribution in [1.82, 2.24) is 10.3 Å². The molecular weight excluding hydrogens is 554 g/mol. The van der Waals surface area contributed by atoms with Crippen LogP contribution in [0.25, 0.3) is 22.6 Å². The fourth-order valence-corrected chi connectivity index (χ4v) is 4.85. The van der Waals surface area contributed by atoms with Gasteiger partial charge in [-0.15, -0.1) is 0 Å².